The molecule has 148 valence electrons. The third kappa shape index (κ3) is 3.51. The van der Waals surface area contributed by atoms with Gasteiger partial charge in [-0.2, -0.15) is 0 Å². The molecular formula is C21H23N7O. The number of anilines is 1. The summed E-state index contributed by atoms with van der Waals surface area (Å²) in [6.07, 6.45) is 6.21. The number of hydrogen-bond donors (Lipinski definition) is 1. The van der Waals surface area contributed by atoms with E-state index in [1.807, 2.05) is 23.9 Å². The average molecular weight is 389 g/mol. The number of pyridine rings is 1. The van der Waals surface area contributed by atoms with E-state index < -0.39 is 0 Å². The summed E-state index contributed by atoms with van der Waals surface area (Å²) in [5.41, 5.74) is 10.3. The summed E-state index contributed by atoms with van der Waals surface area (Å²) in [6, 6.07) is 5.46. The standard InChI is InChI=1S/C21H23N7O/c1-13-6-24-17(7-23-13)11-27-8-14-2-16(10-27)19-3-15(4-21(29)28(19)9-14)18-5-20(22)26-12-25-18/h3-7,12,14,16H,2,8-11H2,1H3,(H2,22,25,26)/t14-,16+/m0/s1. The second kappa shape index (κ2) is 7.04. The molecule has 0 aliphatic carbocycles. The molecule has 2 atom stereocenters. The number of nitrogens with two attached hydrogens (primary N) is 1. The Hall–Kier alpha value is -3.13. The van der Waals surface area contributed by atoms with Crippen molar-refractivity contribution < 1.29 is 0 Å². The minimum atomic E-state index is 0.0298. The van der Waals surface area contributed by atoms with Gasteiger partial charge in [0.2, 0.25) is 0 Å². The van der Waals surface area contributed by atoms with Gasteiger partial charge in [-0.05, 0) is 25.3 Å². The van der Waals surface area contributed by atoms with E-state index in [2.05, 4.69) is 30.9 Å². The molecule has 8 heteroatoms. The van der Waals surface area contributed by atoms with Crippen LogP contribution in [0.3, 0.4) is 0 Å². The van der Waals surface area contributed by atoms with Gasteiger partial charge in [-0.3, -0.25) is 19.7 Å². The van der Waals surface area contributed by atoms with Crippen LogP contribution < -0.4 is 11.3 Å². The maximum atomic E-state index is 12.8. The smallest absolute Gasteiger partial charge is 0.251 e. The van der Waals surface area contributed by atoms with E-state index in [9.17, 15) is 4.79 Å². The number of likely N-dealkylation sites (tertiary alicyclic amines) is 1. The number of nitrogens with zero attached hydrogens (tertiary/aromatic N) is 6. The molecule has 2 aliphatic rings. The first-order valence-electron chi connectivity index (χ1n) is 9.88. The molecule has 2 N–H and O–H groups in total. The van der Waals surface area contributed by atoms with Crippen LogP contribution in [0.5, 0.6) is 0 Å². The number of rotatable bonds is 3. The van der Waals surface area contributed by atoms with Gasteiger partial charge in [0.05, 0.1) is 17.1 Å². The lowest BCUT2D eigenvalue weighted by atomic mass is 9.82. The lowest BCUT2D eigenvalue weighted by Crippen LogP contribution is -2.46. The number of aromatic nitrogens is 5. The number of hydrogen-bond acceptors (Lipinski definition) is 7. The van der Waals surface area contributed by atoms with Crippen LogP contribution in [0.2, 0.25) is 0 Å². The number of nitrogen functional groups attached to an aromatic ring is 1. The maximum Gasteiger partial charge on any atom is 0.251 e. The third-order valence-corrected chi connectivity index (χ3v) is 5.84. The molecule has 5 heterocycles. The van der Waals surface area contributed by atoms with Crippen molar-refractivity contribution in [2.75, 3.05) is 18.8 Å². The molecule has 0 spiro atoms. The topological polar surface area (TPSA) is 103 Å². The summed E-state index contributed by atoms with van der Waals surface area (Å²) in [5.74, 6) is 1.18. The van der Waals surface area contributed by atoms with Crippen LogP contribution in [0.1, 0.15) is 29.4 Å². The monoisotopic (exact) mass is 389 g/mol. The highest BCUT2D eigenvalue weighted by Crippen LogP contribution is 2.36. The third-order valence-electron chi connectivity index (χ3n) is 5.84. The summed E-state index contributed by atoms with van der Waals surface area (Å²) in [5, 5.41) is 0. The van der Waals surface area contributed by atoms with Crippen LogP contribution in [0.4, 0.5) is 5.82 Å². The molecule has 2 bridgehead atoms. The molecule has 0 saturated carbocycles. The van der Waals surface area contributed by atoms with E-state index in [1.54, 1.807) is 12.1 Å². The van der Waals surface area contributed by atoms with Gasteiger partial charge in [0.1, 0.15) is 12.1 Å². The van der Waals surface area contributed by atoms with E-state index in [4.69, 9.17) is 5.73 Å². The lowest BCUT2D eigenvalue weighted by molar-refractivity contribution is 0.113. The first-order valence-corrected chi connectivity index (χ1v) is 9.88. The van der Waals surface area contributed by atoms with Crippen molar-refractivity contribution in [1.29, 1.82) is 0 Å². The first kappa shape index (κ1) is 17.9. The van der Waals surface area contributed by atoms with Gasteiger partial charge in [-0.25, -0.2) is 9.97 Å². The fourth-order valence-electron chi connectivity index (χ4n) is 4.60. The molecule has 5 rings (SSSR count). The first-order chi connectivity index (χ1) is 14.0. The largest absolute Gasteiger partial charge is 0.384 e. The Morgan fingerprint density at radius 2 is 1.97 bits per heavy atom. The predicted octanol–water partition coefficient (Wildman–Crippen LogP) is 1.61. The van der Waals surface area contributed by atoms with Crippen LogP contribution in [0, 0.1) is 12.8 Å². The zero-order chi connectivity index (χ0) is 20.0. The minimum Gasteiger partial charge on any atom is -0.384 e. The summed E-state index contributed by atoms with van der Waals surface area (Å²) in [7, 11) is 0. The van der Waals surface area contributed by atoms with Crippen molar-refractivity contribution in [3.63, 3.8) is 0 Å². The quantitative estimate of drug-likeness (QED) is 0.726. The Morgan fingerprint density at radius 1 is 1.07 bits per heavy atom. The van der Waals surface area contributed by atoms with Gasteiger partial charge in [0.25, 0.3) is 5.56 Å². The van der Waals surface area contributed by atoms with Gasteiger partial charge >= 0.3 is 0 Å². The fourth-order valence-corrected chi connectivity index (χ4v) is 4.60. The zero-order valence-corrected chi connectivity index (χ0v) is 16.3. The molecule has 1 fully saturated rings. The van der Waals surface area contributed by atoms with E-state index >= 15 is 0 Å². The zero-order valence-electron chi connectivity index (χ0n) is 16.3. The van der Waals surface area contributed by atoms with Gasteiger partial charge in [0, 0.05) is 67.9 Å². The number of aryl methyl sites for hydroxylation is 1. The second-order valence-electron chi connectivity index (χ2n) is 8.09. The van der Waals surface area contributed by atoms with Crippen LogP contribution >= 0.6 is 0 Å². The summed E-state index contributed by atoms with van der Waals surface area (Å²) in [4.78, 5) is 32.4. The van der Waals surface area contributed by atoms with E-state index in [0.717, 1.165) is 55.2 Å². The van der Waals surface area contributed by atoms with Crippen molar-refractivity contribution in [2.24, 2.45) is 5.92 Å². The van der Waals surface area contributed by atoms with Crippen molar-refractivity contribution >= 4 is 5.82 Å². The molecule has 2 aliphatic heterocycles. The lowest BCUT2D eigenvalue weighted by Gasteiger charge is -2.42. The second-order valence-corrected chi connectivity index (χ2v) is 8.09. The summed E-state index contributed by atoms with van der Waals surface area (Å²) >= 11 is 0. The Morgan fingerprint density at radius 3 is 2.76 bits per heavy atom. The molecular weight excluding hydrogens is 366 g/mol. The van der Waals surface area contributed by atoms with Crippen LogP contribution in [-0.2, 0) is 13.1 Å². The minimum absolute atomic E-state index is 0.0298. The molecule has 0 unspecified atom stereocenters. The Balaban J connectivity index is 1.45. The van der Waals surface area contributed by atoms with Crippen LogP contribution in [0.25, 0.3) is 11.3 Å². The predicted molar refractivity (Wildman–Crippen MR) is 109 cm³/mol. The summed E-state index contributed by atoms with van der Waals surface area (Å²) in [6.45, 7) is 5.36. The number of fused-ring (bicyclic) bond motifs is 4. The Kier molecular flexibility index (Phi) is 4.35. The molecule has 29 heavy (non-hydrogen) atoms. The molecule has 3 aromatic heterocycles. The highest BCUT2D eigenvalue weighted by molar-refractivity contribution is 5.61. The van der Waals surface area contributed by atoms with Gasteiger partial charge in [-0.1, -0.05) is 0 Å². The normalized spacial score (nSPS) is 21.0. The molecule has 1 saturated heterocycles. The maximum absolute atomic E-state index is 12.8. The highest BCUT2D eigenvalue weighted by Gasteiger charge is 2.35. The molecule has 8 nitrogen and oxygen atoms in total. The van der Waals surface area contributed by atoms with Gasteiger partial charge < -0.3 is 10.3 Å². The average Bonchev–Trinajstić information content (AvgIpc) is 2.70. The van der Waals surface area contributed by atoms with Crippen molar-refractivity contribution in [3.05, 3.63) is 64.4 Å². The van der Waals surface area contributed by atoms with Crippen LogP contribution in [0.15, 0.2) is 41.7 Å². The molecule has 3 aromatic rings. The summed E-state index contributed by atoms with van der Waals surface area (Å²) < 4.78 is 1.94. The number of piperidine rings is 1. The molecule has 0 aromatic carbocycles. The Labute approximate surface area is 168 Å². The molecule has 0 amide bonds. The van der Waals surface area contributed by atoms with Gasteiger partial charge in [0.15, 0.2) is 0 Å². The van der Waals surface area contributed by atoms with E-state index in [-0.39, 0.29) is 5.56 Å². The van der Waals surface area contributed by atoms with E-state index in [0.29, 0.717) is 23.3 Å². The fraction of sp³-hybridized carbons (Fsp3) is 0.381. The van der Waals surface area contributed by atoms with Crippen molar-refractivity contribution in [1.82, 2.24) is 29.4 Å². The van der Waals surface area contributed by atoms with Gasteiger partial charge in [-0.15, -0.1) is 0 Å². The SMILES string of the molecule is Cc1cnc(CN2C[C@@H]3C[C@H](C2)c2cc(-c4cc(N)ncn4)cc(=O)n2C3)cn1. The van der Waals surface area contributed by atoms with Crippen LogP contribution in [-0.4, -0.2) is 42.5 Å². The van der Waals surface area contributed by atoms with Crippen molar-refractivity contribution in [2.45, 2.75) is 32.4 Å². The highest BCUT2D eigenvalue weighted by atomic mass is 16.1. The van der Waals surface area contributed by atoms with Crippen molar-refractivity contribution in [3.8, 4) is 11.3 Å². The Bertz CT molecular complexity index is 1110. The molecule has 0 radical (unpaired) electrons. The van der Waals surface area contributed by atoms with E-state index in [1.165, 1.54) is 6.33 Å².